The Labute approximate surface area is 109 Å². The van der Waals surface area contributed by atoms with E-state index in [2.05, 4.69) is 15.9 Å². The Morgan fingerprint density at radius 1 is 1.53 bits per heavy atom. The monoisotopic (exact) mass is 322 g/mol. The van der Waals surface area contributed by atoms with E-state index in [1.807, 2.05) is 0 Å². The van der Waals surface area contributed by atoms with Crippen LogP contribution in [-0.2, 0) is 10.0 Å². The van der Waals surface area contributed by atoms with Crippen LogP contribution in [0.3, 0.4) is 0 Å². The van der Waals surface area contributed by atoms with E-state index in [0.29, 0.717) is 10.2 Å². The number of nitrogen functional groups attached to an aromatic ring is 1. The van der Waals surface area contributed by atoms with Crippen LogP contribution in [0.25, 0.3) is 0 Å². The average Bonchev–Trinajstić information content (AvgIpc) is 2.26. The first-order valence-corrected chi connectivity index (χ1v) is 7.18. The SMILES string of the molecule is CC(CO)N(C)S(=O)(=O)c1ccc(N)cc1Br. The van der Waals surface area contributed by atoms with E-state index in [9.17, 15) is 8.42 Å². The van der Waals surface area contributed by atoms with E-state index in [4.69, 9.17) is 10.8 Å². The molecule has 5 nitrogen and oxygen atoms in total. The fourth-order valence-corrected chi connectivity index (χ4v) is 3.64. The van der Waals surface area contributed by atoms with Gasteiger partial charge in [0.25, 0.3) is 0 Å². The molecule has 7 heteroatoms. The molecule has 1 aromatic carbocycles. The molecule has 3 N–H and O–H groups in total. The Balaban J connectivity index is 3.22. The largest absolute Gasteiger partial charge is 0.399 e. The highest BCUT2D eigenvalue weighted by Gasteiger charge is 2.26. The zero-order valence-electron chi connectivity index (χ0n) is 9.59. The van der Waals surface area contributed by atoms with Crippen LogP contribution in [0.1, 0.15) is 6.92 Å². The van der Waals surface area contributed by atoms with Crippen molar-refractivity contribution in [2.24, 2.45) is 0 Å². The summed E-state index contributed by atoms with van der Waals surface area (Å²) in [7, 11) is -2.20. The molecule has 0 aliphatic rings. The smallest absolute Gasteiger partial charge is 0.244 e. The Kier molecular flexibility index (Phi) is 4.54. The van der Waals surface area contributed by atoms with Crippen molar-refractivity contribution >= 4 is 31.6 Å². The highest BCUT2D eigenvalue weighted by atomic mass is 79.9. The molecule has 1 aromatic rings. The molecule has 0 amide bonds. The van der Waals surface area contributed by atoms with Gasteiger partial charge in [-0.1, -0.05) is 0 Å². The van der Waals surface area contributed by atoms with Crippen molar-refractivity contribution in [3.63, 3.8) is 0 Å². The summed E-state index contributed by atoms with van der Waals surface area (Å²) in [5.41, 5.74) is 6.03. The van der Waals surface area contributed by atoms with Gasteiger partial charge >= 0.3 is 0 Å². The number of nitrogens with two attached hydrogens (primary N) is 1. The van der Waals surface area contributed by atoms with Crippen LogP contribution >= 0.6 is 15.9 Å². The molecule has 0 aromatic heterocycles. The Bertz CT molecular complexity index is 504. The highest BCUT2D eigenvalue weighted by molar-refractivity contribution is 9.10. The molecule has 0 saturated heterocycles. The summed E-state index contributed by atoms with van der Waals surface area (Å²) in [6, 6.07) is 4.01. The predicted molar refractivity (Wildman–Crippen MR) is 70.1 cm³/mol. The zero-order chi connectivity index (χ0) is 13.2. The highest BCUT2D eigenvalue weighted by Crippen LogP contribution is 2.27. The lowest BCUT2D eigenvalue weighted by Gasteiger charge is -2.23. The molecule has 17 heavy (non-hydrogen) atoms. The van der Waals surface area contributed by atoms with Gasteiger partial charge in [-0.15, -0.1) is 0 Å². The van der Waals surface area contributed by atoms with E-state index < -0.39 is 16.1 Å². The van der Waals surface area contributed by atoms with Gasteiger partial charge in [0.1, 0.15) is 0 Å². The van der Waals surface area contributed by atoms with Crippen molar-refractivity contribution in [2.75, 3.05) is 19.4 Å². The molecule has 0 aliphatic heterocycles. The van der Waals surface area contributed by atoms with Crippen molar-refractivity contribution in [2.45, 2.75) is 17.9 Å². The summed E-state index contributed by atoms with van der Waals surface area (Å²) < 4.78 is 26.0. The molecule has 0 spiro atoms. The van der Waals surface area contributed by atoms with E-state index in [1.165, 1.54) is 25.2 Å². The first-order chi connectivity index (χ1) is 7.80. The van der Waals surface area contributed by atoms with Crippen LogP contribution in [0, 0.1) is 0 Å². The number of hydrogen-bond donors (Lipinski definition) is 2. The number of likely N-dealkylation sites (N-methyl/N-ethyl adjacent to an activating group) is 1. The molecule has 0 bridgehead atoms. The van der Waals surface area contributed by atoms with Crippen molar-refractivity contribution in [3.8, 4) is 0 Å². The third-order valence-corrected chi connectivity index (χ3v) is 5.45. The lowest BCUT2D eigenvalue weighted by molar-refractivity contribution is 0.214. The van der Waals surface area contributed by atoms with Gasteiger partial charge in [0.05, 0.1) is 11.5 Å². The van der Waals surface area contributed by atoms with Gasteiger partial charge in [-0.05, 0) is 41.1 Å². The van der Waals surface area contributed by atoms with Crippen LogP contribution in [0.15, 0.2) is 27.6 Å². The van der Waals surface area contributed by atoms with Crippen LogP contribution in [0.4, 0.5) is 5.69 Å². The first-order valence-electron chi connectivity index (χ1n) is 4.94. The number of halogens is 1. The molecule has 1 atom stereocenters. The number of sulfonamides is 1. The summed E-state index contributed by atoms with van der Waals surface area (Å²) in [5.74, 6) is 0. The number of aliphatic hydroxyl groups is 1. The summed E-state index contributed by atoms with van der Waals surface area (Å²) in [4.78, 5) is 0.134. The molecule has 0 fully saturated rings. The average molecular weight is 323 g/mol. The Hall–Kier alpha value is -0.630. The lowest BCUT2D eigenvalue weighted by atomic mass is 10.3. The second-order valence-corrected chi connectivity index (χ2v) is 6.56. The summed E-state index contributed by atoms with van der Waals surface area (Å²) in [5, 5.41) is 8.99. The van der Waals surface area contributed by atoms with Crippen LogP contribution in [0.5, 0.6) is 0 Å². The molecule has 0 heterocycles. The van der Waals surface area contributed by atoms with Crippen molar-refractivity contribution in [1.29, 1.82) is 0 Å². The van der Waals surface area contributed by atoms with Gasteiger partial charge in [-0.25, -0.2) is 8.42 Å². The van der Waals surface area contributed by atoms with Gasteiger partial charge in [0, 0.05) is 23.2 Å². The normalized spacial score (nSPS) is 13.9. The predicted octanol–water partition coefficient (Wildman–Crippen LogP) is 1.03. The molecule has 0 aliphatic carbocycles. The minimum absolute atomic E-state index is 0.134. The molecule has 0 saturated carbocycles. The maximum Gasteiger partial charge on any atom is 0.244 e. The van der Waals surface area contributed by atoms with Crippen LogP contribution < -0.4 is 5.73 Å². The van der Waals surface area contributed by atoms with E-state index >= 15 is 0 Å². The van der Waals surface area contributed by atoms with E-state index in [-0.39, 0.29) is 11.5 Å². The maximum absolute atomic E-state index is 12.2. The molecule has 0 radical (unpaired) electrons. The van der Waals surface area contributed by atoms with Crippen molar-refractivity contribution in [1.82, 2.24) is 4.31 Å². The Morgan fingerprint density at radius 3 is 2.59 bits per heavy atom. The minimum atomic E-state index is -3.63. The summed E-state index contributed by atoms with van der Waals surface area (Å²) >= 11 is 3.17. The third-order valence-electron chi connectivity index (χ3n) is 2.50. The number of benzene rings is 1. The molecular weight excluding hydrogens is 308 g/mol. The molecular formula is C10H15BrN2O3S. The standard InChI is InChI=1S/C10H15BrN2O3S/c1-7(6-14)13(2)17(15,16)10-4-3-8(12)5-9(10)11/h3-5,7,14H,6,12H2,1-2H3. The molecule has 96 valence electrons. The fourth-order valence-electron chi connectivity index (χ4n) is 1.23. The van der Waals surface area contributed by atoms with Crippen molar-refractivity contribution < 1.29 is 13.5 Å². The fraction of sp³-hybridized carbons (Fsp3) is 0.400. The molecule has 1 unspecified atom stereocenters. The topological polar surface area (TPSA) is 83.6 Å². The number of anilines is 1. The van der Waals surface area contributed by atoms with E-state index in [1.54, 1.807) is 6.92 Å². The van der Waals surface area contributed by atoms with Gasteiger partial charge in [-0.2, -0.15) is 4.31 Å². The zero-order valence-corrected chi connectivity index (χ0v) is 12.0. The van der Waals surface area contributed by atoms with Gasteiger partial charge in [-0.3, -0.25) is 0 Å². The maximum atomic E-state index is 12.2. The first kappa shape index (κ1) is 14.4. The van der Waals surface area contributed by atoms with Gasteiger partial charge < -0.3 is 10.8 Å². The summed E-state index contributed by atoms with van der Waals surface area (Å²) in [6.07, 6.45) is 0. The Morgan fingerprint density at radius 2 is 2.12 bits per heavy atom. The van der Waals surface area contributed by atoms with Crippen LogP contribution in [-0.4, -0.2) is 37.5 Å². The van der Waals surface area contributed by atoms with Gasteiger partial charge in [0.2, 0.25) is 10.0 Å². The number of aliphatic hydroxyl groups excluding tert-OH is 1. The second-order valence-electron chi connectivity index (χ2n) is 3.74. The lowest BCUT2D eigenvalue weighted by Crippen LogP contribution is -2.37. The second kappa shape index (κ2) is 5.34. The van der Waals surface area contributed by atoms with Crippen molar-refractivity contribution in [3.05, 3.63) is 22.7 Å². The minimum Gasteiger partial charge on any atom is -0.399 e. The summed E-state index contributed by atoms with van der Waals surface area (Å²) in [6.45, 7) is 1.39. The number of rotatable bonds is 4. The number of nitrogens with zero attached hydrogens (tertiary/aromatic N) is 1. The molecule has 1 rings (SSSR count). The van der Waals surface area contributed by atoms with Crippen LogP contribution in [0.2, 0.25) is 0 Å². The van der Waals surface area contributed by atoms with Gasteiger partial charge in [0.15, 0.2) is 0 Å². The number of hydrogen-bond acceptors (Lipinski definition) is 4. The third kappa shape index (κ3) is 2.98. The quantitative estimate of drug-likeness (QED) is 0.811. The van der Waals surface area contributed by atoms with E-state index in [0.717, 1.165) is 4.31 Å².